The molecule has 0 bridgehead atoms. The molecule has 0 radical (unpaired) electrons. The SMILES string of the molecule is N#CCCN(C(=O)C1CCCN(C(=O)c2ccccc2OC(F)F)C1)C1CCOCC1. The number of nitrogens with zero attached hydrogens (tertiary/aromatic N) is 3. The fourth-order valence-electron chi connectivity index (χ4n) is 4.25. The number of benzene rings is 1. The van der Waals surface area contributed by atoms with Gasteiger partial charge < -0.3 is 19.3 Å². The molecule has 3 rings (SSSR count). The van der Waals surface area contributed by atoms with E-state index in [4.69, 9.17) is 10.00 Å². The van der Waals surface area contributed by atoms with Gasteiger partial charge >= 0.3 is 6.61 Å². The molecule has 0 aromatic heterocycles. The highest BCUT2D eigenvalue weighted by atomic mass is 19.3. The van der Waals surface area contributed by atoms with Gasteiger partial charge in [-0.25, -0.2) is 0 Å². The summed E-state index contributed by atoms with van der Waals surface area (Å²) in [6.45, 7) is -0.851. The second-order valence-corrected chi connectivity index (χ2v) is 7.75. The van der Waals surface area contributed by atoms with E-state index in [1.807, 2.05) is 0 Å². The van der Waals surface area contributed by atoms with Crippen molar-refractivity contribution in [2.45, 2.75) is 44.8 Å². The number of alkyl halides is 2. The number of carbonyl (C=O) groups is 2. The highest BCUT2D eigenvalue weighted by molar-refractivity contribution is 5.97. The highest BCUT2D eigenvalue weighted by Gasteiger charge is 2.35. The summed E-state index contributed by atoms with van der Waals surface area (Å²) in [7, 11) is 0. The minimum atomic E-state index is -3.03. The van der Waals surface area contributed by atoms with Crippen molar-refractivity contribution in [1.82, 2.24) is 9.80 Å². The number of hydrogen-bond acceptors (Lipinski definition) is 5. The van der Waals surface area contributed by atoms with Crippen LogP contribution in [0.3, 0.4) is 0 Å². The first kappa shape index (κ1) is 22.9. The topological polar surface area (TPSA) is 82.9 Å². The quantitative estimate of drug-likeness (QED) is 0.657. The van der Waals surface area contributed by atoms with Crippen molar-refractivity contribution in [3.05, 3.63) is 29.8 Å². The first-order valence-electron chi connectivity index (χ1n) is 10.6. The molecular formula is C22H27F2N3O4. The lowest BCUT2D eigenvalue weighted by Gasteiger charge is -2.39. The molecule has 2 saturated heterocycles. The summed E-state index contributed by atoms with van der Waals surface area (Å²) in [5, 5.41) is 9.00. The van der Waals surface area contributed by atoms with Crippen LogP contribution in [0.4, 0.5) is 8.78 Å². The smallest absolute Gasteiger partial charge is 0.387 e. The number of amides is 2. The zero-order valence-corrected chi connectivity index (χ0v) is 17.3. The van der Waals surface area contributed by atoms with Crippen molar-refractivity contribution in [1.29, 1.82) is 5.26 Å². The molecule has 2 amide bonds. The predicted octanol–water partition coefficient (Wildman–Crippen LogP) is 3.06. The van der Waals surface area contributed by atoms with Crippen LogP contribution in [0.15, 0.2) is 24.3 Å². The minimum Gasteiger partial charge on any atom is -0.434 e. The van der Waals surface area contributed by atoms with Gasteiger partial charge in [-0.1, -0.05) is 12.1 Å². The Bertz CT molecular complexity index is 808. The van der Waals surface area contributed by atoms with Gasteiger partial charge in [-0.2, -0.15) is 14.0 Å². The molecule has 1 aromatic carbocycles. The molecular weight excluding hydrogens is 408 g/mol. The van der Waals surface area contributed by atoms with Crippen molar-refractivity contribution in [3.63, 3.8) is 0 Å². The molecule has 1 aromatic rings. The number of likely N-dealkylation sites (tertiary alicyclic amines) is 1. The first-order chi connectivity index (χ1) is 15.0. The maximum Gasteiger partial charge on any atom is 0.387 e. The Morgan fingerprint density at radius 1 is 1.26 bits per heavy atom. The molecule has 2 fully saturated rings. The van der Waals surface area contributed by atoms with Crippen LogP contribution in [0.2, 0.25) is 0 Å². The average Bonchev–Trinajstić information content (AvgIpc) is 2.79. The van der Waals surface area contributed by atoms with Gasteiger partial charge in [-0.3, -0.25) is 9.59 Å². The molecule has 1 unspecified atom stereocenters. The summed E-state index contributed by atoms with van der Waals surface area (Å²) >= 11 is 0. The molecule has 2 aliphatic heterocycles. The first-order valence-corrected chi connectivity index (χ1v) is 10.6. The van der Waals surface area contributed by atoms with Crippen LogP contribution in [0, 0.1) is 17.2 Å². The summed E-state index contributed by atoms with van der Waals surface area (Å²) in [5.41, 5.74) is 0.0571. The van der Waals surface area contributed by atoms with Crippen molar-refractivity contribution < 1.29 is 27.8 Å². The third-order valence-corrected chi connectivity index (χ3v) is 5.77. The Kier molecular flexibility index (Phi) is 8.18. The molecule has 7 nitrogen and oxygen atoms in total. The van der Waals surface area contributed by atoms with Crippen LogP contribution in [-0.2, 0) is 9.53 Å². The molecule has 0 spiro atoms. The maximum atomic E-state index is 13.3. The molecule has 0 saturated carbocycles. The van der Waals surface area contributed by atoms with E-state index in [1.54, 1.807) is 11.0 Å². The molecule has 2 aliphatic rings. The summed E-state index contributed by atoms with van der Waals surface area (Å²) in [6, 6.07) is 8.03. The van der Waals surface area contributed by atoms with Crippen LogP contribution in [0.1, 0.15) is 42.5 Å². The Labute approximate surface area is 180 Å². The van der Waals surface area contributed by atoms with Gasteiger partial charge in [0, 0.05) is 38.9 Å². The number of carbonyl (C=O) groups excluding carboxylic acids is 2. The van der Waals surface area contributed by atoms with Gasteiger partial charge in [0.05, 0.1) is 24.0 Å². The second kappa shape index (κ2) is 11.0. The van der Waals surface area contributed by atoms with Crippen molar-refractivity contribution >= 4 is 11.8 Å². The van der Waals surface area contributed by atoms with E-state index in [1.165, 1.54) is 23.1 Å². The molecule has 31 heavy (non-hydrogen) atoms. The number of rotatable bonds is 7. The molecule has 168 valence electrons. The van der Waals surface area contributed by atoms with Gasteiger partial charge in [-0.15, -0.1) is 0 Å². The monoisotopic (exact) mass is 435 g/mol. The number of hydrogen-bond donors (Lipinski definition) is 0. The fraction of sp³-hybridized carbons (Fsp3) is 0.591. The van der Waals surface area contributed by atoms with Crippen LogP contribution in [0.5, 0.6) is 5.75 Å². The summed E-state index contributed by atoms with van der Waals surface area (Å²) in [4.78, 5) is 29.7. The number of nitriles is 1. The molecule has 2 heterocycles. The van der Waals surface area contributed by atoms with Crippen LogP contribution in [-0.4, -0.2) is 67.1 Å². The number of piperidine rings is 1. The van der Waals surface area contributed by atoms with Crippen LogP contribution < -0.4 is 4.74 Å². The zero-order chi connectivity index (χ0) is 22.2. The van der Waals surface area contributed by atoms with E-state index in [-0.39, 0.29) is 42.1 Å². The molecule has 0 aliphatic carbocycles. The largest absolute Gasteiger partial charge is 0.434 e. The van der Waals surface area contributed by atoms with Crippen LogP contribution >= 0.6 is 0 Å². The van der Waals surface area contributed by atoms with E-state index in [2.05, 4.69) is 10.8 Å². The Hall–Kier alpha value is -2.73. The third kappa shape index (κ3) is 5.91. The zero-order valence-electron chi connectivity index (χ0n) is 17.3. The van der Waals surface area contributed by atoms with Gasteiger partial charge in [0.2, 0.25) is 5.91 Å². The standard InChI is InChI=1S/C22H27F2N3O4/c23-22(24)31-19-7-2-1-6-18(19)21(29)26-11-3-5-16(15-26)20(28)27(12-4-10-25)17-8-13-30-14-9-17/h1-2,6-7,16-17,22H,3-5,8-9,11-15H2. The van der Waals surface area contributed by atoms with Gasteiger partial charge in [0.25, 0.3) is 5.91 Å². The lowest BCUT2D eigenvalue weighted by atomic mass is 9.94. The normalized spacial score (nSPS) is 19.7. The Morgan fingerprint density at radius 2 is 2.00 bits per heavy atom. The minimum absolute atomic E-state index is 0.0286. The lowest BCUT2D eigenvalue weighted by Crippen LogP contribution is -2.51. The number of halogens is 2. The van der Waals surface area contributed by atoms with E-state index in [0.29, 0.717) is 39.1 Å². The fourth-order valence-corrected chi connectivity index (χ4v) is 4.25. The van der Waals surface area contributed by atoms with Gasteiger partial charge in [0.1, 0.15) is 5.75 Å². The lowest BCUT2D eigenvalue weighted by molar-refractivity contribution is -0.141. The molecule has 0 N–H and O–H groups in total. The Morgan fingerprint density at radius 3 is 2.71 bits per heavy atom. The van der Waals surface area contributed by atoms with Gasteiger partial charge in [0.15, 0.2) is 0 Å². The molecule has 1 atom stereocenters. The average molecular weight is 435 g/mol. The van der Waals surface area contributed by atoms with E-state index in [0.717, 1.165) is 12.8 Å². The number of ether oxygens (including phenoxy) is 2. The van der Waals surface area contributed by atoms with E-state index in [9.17, 15) is 18.4 Å². The van der Waals surface area contributed by atoms with E-state index < -0.39 is 12.5 Å². The summed E-state index contributed by atoms with van der Waals surface area (Å²) in [6.07, 6.45) is 2.98. The third-order valence-electron chi connectivity index (χ3n) is 5.77. The van der Waals surface area contributed by atoms with Crippen LogP contribution in [0.25, 0.3) is 0 Å². The molecule has 9 heteroatoms. The van der Waals surface area contributed by atoms with Crippen molar-refractivity contribution in [3.8, 4) is 11.8 Å². The summed E-state index contributed by atoms with van der Waals surface area (Å²) in [5.74, 6) is -1.05. The predicted molar refractivity (Wildman–Crippen MR) is 107 cm³/mol. The van der Waals surface area contributed by atoms with E-state index >= 15 is 0 Å². The van der Waals surface area contributed by atoms with Gasteiger partial charge in [-0.05, 0) is 37.8 Å². The van der Waals surface area contributed by atoms with Crippen molar-refractivity contribution in [2.24, 2.45) is 5.92 Å². The Balaban J connectivity index is 1.72. The second-order valence-electron chi connectivity index (χ2n) is 7.75. The highest BCUT2D eigenvalue weighted by Crippen LogP contribution is 2.27. The summed E-state index contributed by atoms with van der Waals surface area (Å²) < 4.78 is 35.3. The number of para-hydroxylation sites is 1. The maximum absolute atomic E-state index is 13.3. The van der Waals surface area contributed by atoms with Crippen molar-refractivity contribution in [2.75, 3.05) is 32.8 Å².